The summed E-state index contributed by atoms with van der Waals surface area (Å²) in [7, 11) is 0. The molecule has 5 aromatic rings. The summed E-state index contributed by atoms with van der Waals surface area (Å²) < 4.78 is 7.88. The van der Waals surface area contributed by atoms with Gasteiger partial charge in [0.25, 0.3) is 0 Å². The molecule has 1 fully saturated rings. The van der Waals surface area contributed by atoms with Gasteiger partial charge in [-0.2, -0.15) is 0 Å². The fourth-order valence-electron chi connectivity index (χ4n) is 4.49. The van der Waals surface area contributed by atoms with E-state index in [-0.39, 0.29) is 0 Å². The Balaban J connectivity index is 1.15. The summed E-state index contributed by atoms with van der Waals surface area (Å²) in [6.45, 7) is 5.12. The van der Waals surface area contributed by atoms with Gasteiger partial charge in [-0.15, -0.1) is 0 Å². The van der Waals surface area contributed by atoms with E-state index in [0.717, 1.165) is 22.0 Å². The average Bonchev–Trinajstić information content (AvgIpc) is 3.63. The number of pyridine rings is 1. The van der Waals surface area contributed by atoms with Crippen LogP contribution in [-0.4, -0.2) is 29.3 Å². The van der Waals surface area contributed by atoms with Crippen molar-refractivity contribution in [2.45, 2.75) is 45.8 Å². The molecule has 9 heteroatoms. The standard InChI is InChI=1S/C26H26N8O/c1-15-7-21-20(5-6-28-25(21)27)16(2)22(15)10-29-23-8-24(32-14-31-23)35-13-19-12-34-11-18(17-3-4-17)9-30-26(34)33-19/h5-9,11-12,14,17H,3-4,10,13H2,1-2H3,(H2,27,28)(H,29,31,32). The van der Waals surface area contributed by atoms with Crippen LogP contribution in [0.1, 0.15) is 46.7 Å². The quantitative estimate of drug-likeness (QED) is 0.364. The molecule has 1 saturated carbocycles. The second-order valence-electron chi connectivity index (χ2n) is 9.07. The molecule has 0 bridgehead atoms. The number of nitrogens with zero attached hydrogens (tertiary/aromatic N) is 6. The number of aryl methyl sites for hydroxylation is 2. The Morgan fingerprint density at radius 3 is 2.83 bits per heavy atom. The van der Waals surface area contributed by atoms with Gasteiger partial charge in [0.2, 0.25) is 11.7 Å². The number of fused-ring (bicyclic) bond motifs is 2. The molecule has 1 aliphatic rings. The fraction of sp³-hybridized carbons (Fsp3) is 0.269. The minimum Gasteiger partial charge on any atom is -0.471 e. The summed E-state index contributed by atoms with van der Waals surface area (Å²) in [6.07, 6.45) is 11.7. The molecular weight excluding hydrogens is 440 g/mol. The molecule has 0 radical (unpaired) electrons. The molecular formula is C26H26N8O. The van der Waals surface area contributed by atoms with Crippen molar-refractivity contribution in [3.63, 3.8) is 0 Å². The number of benzene rings is 1. The molecule has 4 aromatic heterocycles. The molecule has 0 unspecified atom stereocenters. The number of ether oxygens (including phenoxy) is 1. The first-order chi connectivity index (χ1) is 17.0. The third-order valence-electron chi connectivity index (χ3n) is 6.60. The van der Waals surface area contributed by atoms with E-state index < -0.39 is 0 Å². The molecule has 9 nitrogen and oxygen atoms in total. The lowest BCUT2D eigenvalue weighted by atomic mass is 9.96. The predicted octanol–water partition coefficient (Wildman–Crippen LogP) is 4.34. The summed E-state index contributed by atoms with van der Waals surface area (Å²) >= 11 is 0. The molecule has 0 saturated heterocycles. The number of nitrogens with one attached hydrogen (secondary N) is 1. The Hall–Kier alpha value is -4.27. The molecule has 3 N–H and O–H groups in total. The zero-order valence-electron chi connectivity index (χ0n) is 19.7. The summed E-state index contributed by atoms with van der Waals surface area (Å²) in [6, 6.07) is 5.89. The largest absolute Gasteiger partial charge is 0.471 e. The van der Waals surface area contributed by atoms with Crippen LogP contribution in [-0.2, 0) is 13.2 Å². The maximum atomic E-state index is 6.07. The maximum Gasteiger partial charge on any atom is 0.234 e. The minimum absolute atomic E-state index is 0.303. The van der Waals surface area contributed by atoms with Gasteiger partial charge in [-0.25, -0.2) is 24.9 Å². The van der Waals surface area contributed by atoms with Crippen molar-refractivity contribution in [2.24, 2.45) is 0 Å². The Labute approximate surface area is 202 Å². The lowest BCUT2D eigenvalue weighted by molar-refractivity contribution is 0.289. The van der Waals surface area contributed by atoms with Gasteiger partial charge in [0.15, 0.2) is 0 Å². The number of nitrogen functional groups attached to an aromatic ring is 1. The van der Waals surface area contributed by atoms with E-state index in [1.165, 1.54) is 35.9 Å². The Morgan fingerprint density at radius 2 is 1.97 bits per heavy atom. The lowest BCUT2D eigenvalue weighted by Crippen LogP contribution is -2.07. The second kappa shape index (κ2) is 8.50. The van der Waals surface area contributed by atoms with Crippen LogP contribution in [0.3, 0.4) is 0 Å². The van der Waals surface area contributed by atoms with E-state index in [1.54, 1.807) is 12.3 Å². The van der Waals surface area contributed by atoms with Crippen molar-refractivity contribution in [3.8, 4) is 5.88 Å². The Morgan fingerprint density at radius 1 is 1.09 bits per heavy atom. The van der Waals surface area contributed by atoms with Gasteiger partial charge in [-0.3, -0.25) is 4.40 Å². The average molecular weight is 467 g/mol. The van der Waals surface area contributed by atoms with Crippen molar-refractivity contribution in [3.05, 3.63) is 77.3 Å². The highest BCUT2D eigenvalue weighted by Gasteiger charge is 2.24. The summed E-state index contributed by atoms with van der Waals surface area (Å²) in [5.41, 5.74) is 11.7. The van der Waals surface area contributed by atoms with Crippen LogP contribution in [0.25, 0.3) is 16.6 Å². The monoisotopic (exact) mass is 466 g/mol. The first-order valence-electron chi connectivity index (χ1n) is 11.7. The first-order valence-corrected chi connectivity index (χ1v) is 11.7. The Bertz CT molecular complexity index is 1560. The van der Waals surface area contributed by atoms with E-state index in [2.05, 4.69) is 56.3 Å². The van der Waals surface area contributed by atoms with Crippen molar-refractivity contribution >= 4 is 28.2 Å². The van der Waals surface area contributed by atoms with Crippen LogP contribution in [0.2, 0.25) is 0 Å². The van der Waals surface area contributed by atoms with E-state index in [9.17, 15) is 0 Å². The molecule has 1 aliphatic carbocycles. The van der Waals surface area contributed by atoms with Gasteiger partial charge in [0, 0.05) is 42.8 Å². The van der Waals surface area contributed by atoms with Crippen molar-refractivity contribution in [1.82, 2.24) is 29.3 Å². The third-order valence-corrected chi connectivity index (χ3v) is 6.60. The van der Waals surface area contributed by atoms with Crippen LogP contribution in [0, 0.1) is 13.8 Å². The van der Waals surface area contributed by atoms with Gasteiger partial charge in [-0.05, 0) is 72.4 Å². The minimum atomic E-state index is 0.303. The number of nitrogens with two attached hydrogens (primary N) is 1. The van der Waals surface area contributed by atoms with Gasteiger partial charge in [0.05, 0.1) is 5.69 Å². The predicted molar refractivity (Wildman–Crippen MR) is 134 cm³/mol. The zero-order valence-corrected chi connectivity index (χ0v) is 19.7. The fourth-order valence-corrected chi connectivity index (χ4v) is 4.49. The highest BCUT2D eigenvalue weighted by molar-refractivity contribution is 5.94. The molecule has 176 valence electrons. The first kappa shape index (κ1) is 21.3. The molecule has 1 aromatic carbocycles. The van der Waals surface area contributed by atoms with Crippen LogP contribution >= 0.6 is 0 Å². The smallest absolute Gasteiger partial charge is 0.234 e. The molecule has 0 spiro atoms. The van der Waals surface area contributed by atoms with Crippen LogP contribution in [0.4, 0.5) is 11.6 Å². The van der Waals surface area contributed by atoms with E-state index in [0.29, 0.717) is 42.4 Å². The van der Waals surface area contributed by atoms with Gasteiger partial charge < -0.3 is 15.8 Å². The highest BCUT2D eigenvalue weighted by atomic mass is 16.5. The maximum absolute atomic E-state index is 6.07. The van der Waals surface area contributed by atoms with E-state index in [4.69, 9.17) is 10.5 Å². The number of anilines is 2. The number of hydrogen-bond acceptors (Lipinski definition) is 8. The number of hydrogen-bond donors (Lipinski definition) is 2. The normalized spacial score (nSPS) is 13.4. The van der Waals surface area contributed by atoms with Gasteiger partial charge in [0.1, 0.15) is 24.6 Å². The molecule has 0 atom stereocenters. The molecule has 0 amide bonds. The van der Waals surface area contributed by atoms with Gasteiger partial charge in [-0.1, -0.05) is 0 Å². The molecule has 4 heterocycles. The number of imidazole rings is 1. The number of aromatic nitrogens is 6. The van der Waals surface area contributed by atoms with Crippen LogP contribution < -0.4 is 15.8 Å². The molecule has 0 aliphatic heterocycles. The third kappa shape index (κ3) is 4.21. The van der Waals surface area contributed by atoms with Gasteiger partial charge >= 0.3 is 0 Å². The van der Waals surface area contributed by atoms with Crippen molar-refractivity contribution in [1.29, 1.82) is 0 Å². The van der Waals surface area contributed by atoms with E-state index in [1.807, 2.05) is 22.9 Å². The summed E-state index contributed by atoms with van der Waals surface area (Å²) in [5, 5.41) is 5.49. The summed E-state index contributed by atoms with van der Waals surface area (Å²) in [5.74, 6) is 3.05. The lowest BCUT2D eigenvalue weighted by Gasteiger charge is -2.15. The molecule has 6 rings (SSSR count). The topological polar surface area (TPSA) is 116 Å². The van der Waals surface area contributed by atoms with Crippen molar-refractivity contribution < 1.29 is 4.74 Å². The number of rotatable bonds is 7. The Kier molecular flexibility index (Phi) is 5.17. The summed E-state index contributed by atoms with van der Waals surface area (Å²) in [4.78, 5) is 21.8. The SMILES string of the molecule is Cc1cc2c(N)nccc2c(C)c1CNc1cc(OCc2cn3cc(C4CC4)cnc3n2)ncn1. The second-order valence-corrected chi connectivity index (χ2v) is 9.07. The van der Waals surface area contributed by atoms with Crippen LogP contribution in [0.15, 0.2) is 49.3 Å². The van der Waals surface area contributed by atoms with Crippen molar-refractivity contribution in [2.75, 3.05) is 11.1 Å². The van der Waals surface area contributed by atoms with E-state index >= 15 is 0 Å². The molecule has 35 heavy (non-hydrogen) atoms. The zero-order chi connectivity index (χ0) is 23.9. The highest BCUT2D eigenvalue weighted by Crippen LogP contribution is 2.39. The van der Waals surface area contributed by atoms with Crippen LogP contribution in [0.5, 0.6) is 5.88 Å².